The fourth-order valence-electron chi connectivity index (χ4n) is 1.97. The number of benzene rings is 1. The Kier molecular flexibility index (Phi) is 4.76. The Bertz CT molecular complexity index is 627. The van der Waals surface area contributed by atoms with Crippen LogP contribution in [-0.2, 0) is 13.6 Å². The third-order valence-corrected chi connectivity index (χ3v) is 3.37. The molecular weight excluding hydrogens is 276 g/mol. The number of anilines is 1. The molecule has 2 N–H and O–H groups in total. The molecule has 0 aliphatic heterocycles. The lowest BCUT2D eigenvalue weighted by molar-refractivity contribution is 0.696. The van der Waals surface area contributed by atoms with Crippen LogP contribution in [0.5, 0.6) is 0 Å². The number of aromatic nitrogens is 2. The molecule has 0 amide bonds. The summed E-state index contributed by atoms with van der Waals surface area (Å²) < 4.78 is 1.22. The van der Waals surface area contributed by atoms with Crippen LogP contribution in [0.2, 0.25) is 5.02 Å². The van der Waals surface area contributed by atoms with Gasteiger partial charge in [0.05, 0.1) is 11.9 Å². The first-order chi connectivity index (χ1) is 9.63. The molecule has 0 bridgehead atoms. The first kappa shape index (κ1) is 14.6. The van der Waals surface area contributed by atoms with Crippen molar-refractivity contribution >= 4 is 17.3 Å². The topological polar surface area (TPSA) is 64.2 Å². The molecule has 106 valence electrons. The lowest BCUT2D eigenvalue weighted by Crippen LogP contribution is -2.32. The highest BCUT2D eigenvalue weighted by Crippen LogP contribution is 2.22. The van der Waals surface area contributed by atoms with Crippen molar-refractivity contribution in [3.63, 3.8) is 0 Å². The van der Waals surface area contributed by atoms with E-state index in [9.17, 15) is 4.79 Å². The molecule has 0 aliphatic carbocycles. The van der Waals surface area contributed by atoms with Crippen LogP contribution in [0.25, 0.3) is 0 Å². The molecule has 20 heavy (non-hydrogen) atoms. The fourth-order valence-corrected chi connectivity index (χ4v) is 2.26. The Morgan fingerprint density at radius 2 is 2.05 bits per heavy atom. The zero-order valence-electron chi connectivity index (χ0n) is 11.3. The van der Waals surface area contributed by atoms with Crippen LogP contribution in [0.4, 0.5) is 5.69 Å². The fraction of sp³-hybridized carbons (Fsp3) is 0.286. The molecule has 0 fully saturated rings. The average Bonchev–Trinajstić information content (AvgIpc) is 2.46. The highest BCUT2D eigenvalue weighted by Gasteiger charge is 2.14. The van der Waals surface area contributed by atoms with Gasteiger partial charge in [0.2, 0.25) is 0 Å². The summed E-state index contributed by atoms with van der Waals surface area (Å²) in [5, 5.41) is 4.19. The van der Waals surface area contributed by atoms with Gasteiger partial charge in [-0.3, -0.25) is 4.79 Å². The average molecular weight is 293 g/mol. The van der Waals surface area contributed by atoms with Gasteiger partial charge in [-0.15, -0.1) is 0 Å². The summed E-state index contributed by atoms with van der Waals surface area (Å²) in [7, 11) is 1.57. The van der Waals surface area contributed by atoms with E-state index in [0.717, 1.165) is 5.56 Å². The van der Waals surface area contributed by atoms with Crippen LogP contribution < -0.4 is 16.2 Å². The molecular formula is C14H17ClN4O. The van der Waals surface area contributed by atoms with Gasteiger partial charge in [0, 0.05) is 26.7 Å². The summed E-state index contributed by atoms with van der Waals surface area (Å²) in [4.78, 5) is 13.8. The number of halogens is 1. The molecule has 1 aromatic carbocycles. The maximum Gasteiger partial charge on any atom is 0.287 e. The second-order valence-electron chi connectivity index (χ2n) is 4.47. The molecule has 0 atom stereocenters. The number of rotatable bonds is 5. The van der Waals surface area contributed by atoms with E-state index >= 15 is 0 Å². The molecule has 0 unspecified atom stereocenters. The highest BCUT2D eigenvalue weighted by atomic mass is 35.5. The van der Waals surface area contributed by atoms with Crippen molar-refractivity contribution in [1.82, 2.24) is 9.78 Å². The zero-order chi connectivity index (χ0) is 14.5. The van der Waals surface area contributed by atoms with E-state index in [1.54, 1.807) is 13.2 Å². The smallest absolute Gasteiger partial charge is 0.287 e. The Morgan fingerprint density at radius 3 is 2.70 bits per heavy atom. The molecule has 1 heterocycles. The van der Waals surface area contributed by atoms with Gasteiger partial charge < -0.3 is 10.6 Å². The standard InChI is InChI=1S/C14H17ClN4O/c1-18-14(20)13(15)12(9-17-18)19(8-7-16)10-11-5-3-2-4-6-11/h2-6,9H,7-8,10,16H2,1H3. The van der Waals surface area contributed by atoms with Crippen molar-refractivity contribution < 1.29 is 0 Å². The number of aryl methyl sites for hydroxylation is 1. The van der Waals surface area contributed by atoms with Crippen LogP contribution >= 0.6 is 11.6 Å². The van der Waals surface area contributed by atoms with E-state index in [2.05, 4.69) is 5.10 Å². The normalized spacial score (nSPS) is 10.6. The molecule has 0 aliphatic rings. The monoisotopic (exact) mass is 292 g/mol. The second kappa shape index (κ2) is 6.54. The summed E-state index contributed by atoms with van der Waals surface area (Å²) in [5.41, 5.74) is 7.08. The molecule has 2 rings (SSSR count). The third kappa shape index (κ3) is 3.18. The van der Waals surface area contributed by atoms with E-state index in [1.807, 2.05) is 35.2 Å². The maximum atomic E-state index is 11.9. The number of hydrogen-bond donors (Lipinski definition) is 1. The molecule has 0 saturated carbocycles. The van der Waals surface area contributed by atoms with E-state index in [1.165, 1.54) is 4.68 Å². The highest BCUT2D eigenvalue weighted by molar-refractivity contribution is 6.33. The van der Waals surface area contributed by atoms with Crippen molar-refractivity contribution in [3.8, 4) is 0 Å². The lowest BCUT2D eigenvalue weighted by Gasteiger charge is -2.24. The summed E-state index contributed by atoms with van der Waals surface area (Å²) in [6.45, 7) is 1.70. The van der Waals surface area contributed by atoms with E-state index in [4.69, 9.17) is 17.3 Å². The van der Waals surface area contributed by atoms with Gasteiger partial charge in [0.25, 0.3) is 5.56 Å². The molecule has 5 nitrogen and oxygen atoms in total. The molecule has 1 aromatic heterocycles. The SMILES string of the molecule is Cn1ncc(N(CCN)Cc2ccccc2)c(Cl)c1=O. The van der Waals surface area contributed by atoms with Crippen molar-refractivity contribution in [2.45, 2.75) is 6.54 Å². The molecule has 0 radical (unpaired) electrons. The largest absolute Gasteiger partial charge is 0.363 e. The Labute approximate surface area is 122 Å². The molecule has 2 aromatic rings. The van der Waals surface area contributed by atoms with E-state index < -0.39 is 0 Å². The molecule has 0 spiro atoms. The second-order valence-corrected chi connectivity index (χ2v) is 4.85. The summed E-state index contributed by atoms with van der Waals surface area (Å²) >= 11 is 6.14. The molecule has 6 heteroatoms. The van der Waals surface area contributed by atoms with Crippen LogP contribution in [-0.4, -0.2) is 22.9 Å². The summed E-state index contributed by atoms with van der Waals surface area (Å²) in [5.74, 6) is 0. The van der Waals surface area contributed by atoms with Crippen molar-refractivity contribution in [1.29, 1.82) is 0 Å². The first-order valence-electron chi connectivity index (χ1n) is 6.34. The van der Waals surface area contributed by atoms with Crippen LogP contribution in [0.1, 0.15) is 5.56 Å². The predicted octanol–water partition coefficient (Wildman–Crippen LogP) is 1.40. The quantitative estimate of drug-likeness (QED) is 0.905. The minimum Gasteiger partial charge on any atom is -0.363 e. The van der Waals surface area contributed by atoms with E-state index in [0.29, 0.717) is 25.3 Å². The van der Waals surface area contributed by atoms with Gasteiger partial charge in [-0.1, -0.05) is 41.9 Å². The predicted molar refractivity (Wildman–Crippen MR) is 81.0 cm³/mol. The zero-order valence-corrected chi connectivity index (χ0v) is 12.0. The van der Waals surface area contributed by atoms with Crippen molar-refractivity contribution in [2.75, 3.05) is 18.0 Å². The van der Waals surface area contributed by atoms with Crippen LogP contribution in [0.3, 0.4) is 0 Å². The maximum absolute atomic E-state index is 11.9. The van der Waals surface area contributed by atoms with E-state index in [-0.39, 0.29) is 10.6 Å². The minimum absolute atomic E-state index is 0.173. The third-order valence-electron chi connectivity index (χ3n) is 3.02. The van der Waals surface area contributed by atoms with Gasteiger partial charge >= 0.3 is 0 Å². The van der Waals surface area contributed by atoms with Crippen molar-refractivity contribution in [2.24, 2.45) is 12.8 Å². The van der Waals surface area contributed by atoms with Gasteiger partial charge in [0.15, 0.2) is 0 Å². The summed E-state index contributed by atoms with van der Waals surface area (Å²) in [6.07, 6.45) is 1.60. The molecule has 0 saturated heterocycles. The number of nitrogens with zero attached hydrogens (tertiary/aromatic N) is 3. The van der Waals surface area contributed by atoms with Crippen LogP contribution in [0.15, 0.2) is 41.3 Å². The Balaban J connectivity index is 2.34. The number of hydrogen-bond acceptors (Lipinski definition) is 4. The van der Waals surface area contributed by atoms with Gasteiger partial charge in [-0.05, 0) is 5.56 Å². The van der Waals surface area contributed by atoms with Gasteiger partial charge in [-0.2, -0.15) is 5.10 Å². The number of nitrogens with two attached hydrogens (primary N) is 1. The summed E-state index contributed by atoms with van der Waals surface area (Å²) in [6, 6.07) is 9.95. The van der Waals surface area contributed by atoms with Gasteiger partial charge in [-0.25, -0.2) is 4.68 Å². The van der Waals surface area contributed by atoms with Crippen LogP contribution in [0, 0.1) is 0 Å². The Morgan fingerprint density at radius 1 is 1.35 bits per heavy atom. The van der Waals surface area contributed by atoms with Crippen molar-refractivity contribution in [3.05, 3.63) is 57.5 Å². The first-order valence-corrected chi connectivity index (χ1v) is 6.72. The minimum atomic E-state index is -0.306. The Hall–Kier alpha value is -1.85. The van der Waals surface area contributed by atoms with Gasteiger partial charge in [0.1, 0.15) is 5.02 Å². The lowest BCUT2D eigenvalue weighted by atomic mass is 10.2.